The normalized spacial score (nSPS) is 14.7. The Balaban J connectivity index is 1.95. The number of anilines is 1. The molecule has 0 spiro atoms. The summed E-state index contributed by atoms with van der Waals surface area (Å²) < 4.78 is 0. The molecule has 0 unspecified atom stereocenters. The number of piperidine rings is 1. The standard InChI is InChI=1S/C18H26N2O/c1-15(2)13-18(21)19(3)14-16-7-9-17(10-8-16)20-11-5-4-6-12-20/h7-10,13H,4-6,11-12,14H2,1-3H3. The van der Waals surface area contributed by atoms with E-state index < -0.39 is 0 Å². The molecule has 0 N–H and O–H groups in total. The highest BCUT2D eigenvalue weighted by Crippen LogP contribution is 2.20. The van der Waals surface area contributed by atoms with Gasteiger partial charge in [0.2, 0.25) is 5.91 Å². The van der Waals surface area contributed by atoms with Crippen LogP contribution in [0.4, 0.5) is 5.69 Å². The SMILES string of the molecule is CC(C)=CC(=O)N(C)Cc1ccc(N2CCCCC2)cc1. The van der Waals surface area contributed by atoms with Gasteiger partial charge in [-0.15, -0.1) is 0 Å². The second kappa shape index (κ2) is 7.30. The van der Waals surface area contributed by atoms with Gasteiger partial charge in [0.05, 0.1) is 0 Å². The lowest BCUT2D eigenvalue weighted by Gasteiger charge is -2.29. The molecule has 0 saturated carbocycles. The third-order valence-corrected chi connectivity index (χ3v) is 3.87. The van der Waals surface area contributed by atoms with Gasteiger partial charge in [0.25, 0.3) is 0 Å². The number of benzene rings is 1. The highest BCUT2D eigenvalue weighted by atomic mass is 16.2. The molecule has 114 valence electrons. The number of hydrogen-bond acceptors (Lipinski definition) is 2. The Morgan fingerprint density at radius 3 is 2.33 bits per heavy atom. The summed E-state index contributed by atoms with van der Waals surface area (Å²) in [5, 5.41) is 0. The first-order chi connectivity index (χ1) is 10.1. The minimum atomic E-state index is 0.0649. The first-order valence-electron chi connectivity index (χ1n) is 7.80. The Morgan fingerprint density at radius 1 is 1.14 bits per heavy atom. The predicted molar refractivity (Wildman–Crippen MR) is 88.4 cm³/mol. The second-order valence-corrected chi connectivity index (χ2v) is 6.13. The zero-order valence-electron chi connectivity index (χ0n) is 13.4. The average molecular weight is 286 g/mol. The highest BCUT2D eigenvalue weighted by molar-refractivity contribution is 5.87. The van der Waals surface area contributed by atoms with Crippen LogP contribution in [0.5, 0.6) is 0 Å². The first-order valence-corrected chi connectivity index (χ1v) is 7.80. The Kier molecular flexibility index (Phi) is 5.43. The van der Waals surface area contributed by atoms with Gasteiger partial charge in [-0.25, -0.2) is 0 Å². The second-order valence-electron chi connectivity index (χ2n) is 6.13. The number of carbonyl (C=O) groups is 1. The number of nitrogens with zero attached hydrogens (tertiary/aromatic N) is 2. The first kappa shape index (κ1) is 15.6. The topological polar surface area (TPSA) is 23.6 Å². The van der Waals surface area contributed by atoms with Crippen molar-refractivity contribution in [2.45, 2.75) is 39.7 Å². The van der Waals surface area contributed by atoms with E-state index in [1.807, 2.05) is 20.9 Å². The number of hydrogen-bond donors (Lipinski definition) is 0. The van der Waals surface area contributed by atoms with Crippen molar-refractivity contribution in [3.8, 4) is 0 Å². The van der Waals surface area contributed by atoms with E-state index in [1.165, 1.54) is 30.5 Å². The van der Waals surface area contributed by atoms with Gasteiger partial charge >= 0.3 is 0 Å². The fourth-order valence-electron chi connectivity index (χ4n) is 2.67. The fraction of sp³-hybridized carbons (Fsp3) is 0.500. The maximum Gasteiger partial charge on any atom is 0.246 e. The Bertz CT molecular complexity index is 494. The van der Waals surface area contributed by atoms with Crippen LogP contribution in [0.3, 0.4) is 0 Å². The summed E-state index contributed by atoms with van der Waals surface area (Å²) in [6, 6.07) is 8.63. The van der Waals surface area contributed by atoms with Crippen molar-refractivity contribution in [3.05, 3.63) is 41.5 Å². The van der Waals surface area contributed by atoms with Gasteiger partial charge in [-0.3, -0.25) is 4.79 Å². The van der Waals surface area contributed by atoms with Crippen molar-refractivity contribution in [2.75, 3.05) is 25.0 Å². The summed E-state index contributed by atoms with van der Waals surface area (Å²) in [6.45, 7) is 6.87. The van der Waals surface area contributed by atoms with Crippen molar-refractivity contribution in [3.63, 3.8) is 0 Å². The molecule has 0 aromatic heterocycles. The smallest absolute Gasteiger partial charge is 0.246 e. The van der Waals surface area contributed by atoms with Gasteiger partial charge in [-0.2, -0.15) is 0 Å². The lowest BCUT2D eigenvalue weighted by Crippen LogP contribution is -2.29. The van der Waals surface area contributed by atoms with Gasteiger partial charge in [-0.05, 0) is 50.8 Å². The molecule has 1 fully saturated rings. The molecule has 1 saturated heterocycles. The van der Waals surface area contributed by atoms with Crippen molar-refractivity contribution >= 4 is 11.6 Å². The molecule has 1 aliphatic rings. The van der Waals surface area contributed by atoms with E-state index in [-0.39, 0.29) is 5.91 Å². The molecule has 1 amide bonds. The minimum absolute atomic E-state index is 0.0649. The number of allylic oxidation sites excluding steroid dienone is 1. The largest absolute Gasteiger partial charge is 0.372 e. The quantitative estimate of drug-likeness (QED) is 0.790. The predicted octanol–water partition coefficient (Wildman–Crippen LogP) is 3.60. The third kappa shape index (κ3) is 4.62. The molecule has 1 aliphatic heterocycles. The summed E-state index contributed by atoms with van der Waals surface area (Å²) in [6.07, 6.45) is 5.62. The lowest BCUT2D eigenvalue weighted by atomic mass is 10.1. The summed E-state index contributed by atoms with van der Waals surface area (Å²) in [5.41, 5.74) is 3.51. The van der Waals surface area contributed by atoms with E-state index in [1.54, 1.807) is 11.0 Å². The molecule has 0 bridgehead atoms. The molecule has 3 nitrogen and oxygen atoms in total. The molecule has 2 rings (SSSR count). The summed E-state index contributed by atoms with van der Waals surface area (Å²) in [7, 11) is 1.85. The van der Waals surface area contributed by atoms with E-state index in [2.05, 4.69) is 29.2 Å². The molecule has 21 heavy (non-hydrogen) atoms. The molecular weight excluding hydrogens is 260 g/mol. The van der Waals surface area contributed by atoms with Crippen LogP contribution in [0, 0.1) is 0 Å². The molecule has 1 heterocycles. The van der Waals surface area contributed by atoms with Gasteiger partial charge < -0.3 is 9.80 Å². The van der Waals surface area contributed by atoms with E-state index in [0.29, 0.717) is 6.54 Å². The van der Waals surface area contributed by atoms with Crippen LogP contribution in [-0.4, -0.2) is 30.9 Å². The molecule has 0 radical (unpaired) electrons. The van der Waals surface area contributed by atoms with E-state index >= 15 is 0 Å². The third-order valence-electron chi connectivity index (χ3n) is 3.87. The Hall–Kier alpha value is -1.77. The van der Waals surface area contributed by atoms with E-state index in [4.69, 9.17) is 0 Å². The minimum Gasteiger partial charge on any atom is -0.372 e. The highest BCUT2D eigenvalue weighted by Gasteiger charge is 2.11. The zero-order chi connectivity index (χ0) is 15.2. The fourth-order valence-corrected chi connectivity index (χ4v) is 2.67. The van der Waals surface area contributed by atoms with Gasteiger partial charge in [0, 0.05) is 38.4 Å². The van der Waals surface area contributed by atoms with Crippen LogP contribution < -0.4 is 4.90 Å². The number of likely N-dealkylation sites (N-methyl/N-ethyl adjacent to an activating group) is 1. The van der Waals surface area contributed by atoms with Crippen molar-refractivity contribution < 1.29 is 4.79 Å². The van der Waals surface area contributed by atoms with Gasteiger partial charge in [0.1, 0.15) is 0 Å². The van der Waals surface area contributed by atoms with E-state index in [9.17, 15) is 4.79 Å². The van der Waals surface area contributed by atoms with Crippen LogP contribution in [0.1, 0.15) is 38.7 Å². The number of rotatable bonds is 4. The average Bonchev–Trinajstić information content (AvgIpc) is 2.48. The van der Waals surface area contributed by atoms with Crippen LogP contribution >= 0.6 is 0 Å². The Morgan fingerprint density at radius 2 is 1.76 bits per heavy atom. The van der Waals surface area contributed by atoms with E-state index in [0.717, 1.165) is 18.7 Å². The molecule has 0 aliphatic carbocycles. The summed E-state index contributed by atoms with van der Waals surface area (Å²) in [5.74, 6) is 0.0649. The molecule has 3 heteroatoms. The maximum absolute atomic E-state index is 11.9. The molecule has 1 aromatic carbocycles. The molecule has 0 atom stereocenters. The van der Waals surface area contributed by atoms with Gasteiger partial charge in [-0.1, -0.05) is 17.7 Å². The zero-order valence-corrected chi connectivity index (χ0v) is 13.4. The monoisotopic (exact) mass is 286 g/mol. The van der Waals surface area contributed by atoms with Crippen LogP contribution in [-0.2, 0) is 11.3 Å². The summed E-state index contributed by atoms with van der Waals surface area (Å²) >= 11 is 0. The Labute approximate surface area is 128 Å². The maximum atomic E-state index is 11.9. The van der Waals surface area contributed by atoms with Crippen molar-refractivity contribution in [2.24, 2.45) is 0 Å². The van der Waals surface area contributed by atoms with Crippen molar-refractivity contribution in [1.82, 2.24) is 4.90 Å². The van der Waals surface area contributed by atoms with Crippen LogP contribution in [0.15, 0.2) is 35.9 Å². The number of amides is 1. The lowest BCUT2D eigenvalue weighted by molar-refractivity contribution is -0.125. The van der Waals surface area contributed by atoms with Crippen LogP contribution in [0.2, 0.25) is 0 Å². The van der Waals surface area contributed by atoms with Crippen molar-refractivity contribution in [1.29, 1.82) is 0 Å². The number of carbonyl (C=O) groups excluding carboxylic acids is 1. The summed E-state index contributed by atoms with van der Waals surface area (Å²) in [4.78, 5) is 16.1. The van der Waals surface area contributed by atoms with Crippen LogP contribution in [0.25, 0.3) is 0 Å². The molecule has 1 aromatic rings. The molecular formula is C18H26N2O. The van der Waals surface area contributed by atoms with Gasteiger partial charge in [0.15, 0.2) is 0 Å².